The average molecular weight is 389 g/mol. The molecule has 3 heterocycles. The lowest BCUT2D eigenvalue weighted by Gasteiger charge is -2.06. The normalized spacial score (nSPS) is 11.3. The van der Waals surface area contributed by atoms with Crippen LogP contribution in [0.15, 0.2) is 36.7 Å². The van der Waals surface area contributed by atoms with Gasteiger partial charge in [-0.1, -0.05) is 6.92 Å². The van der Waals surface area contributed by atoms with E-state index in [-0.39, 0.29) is 23.2 Å². The second-order valence-corrected chi connectivity index (χ2v) is 5.71. The minimum absolute atomic E-state index is 0.0130. The molecule has 0 saturated heterocycles. The number of carbonyl (C=O) groups excluding carboxylic acids is 1. The first-order chi connectivity index (χ1) is 13.4. The highest BCUT2D eigenvalue weighted by atomic mass is 19.4. The topological polar surface area (TPSA) is 106 Å². The molecule has 0 aliphatic rings. The number of aromatic nitrogens is 6. The van der Waals surface area contributed by atoms with E-state index in [9.17, 15) is 18.0 Å². The van der Waals surface area contributed by atoms with Crippen molar-refractivity contribution < 1.29 is 18.0 Å². The highest BCUT2D eigenvalue weighted by molar-refractivity contribution is 5.90. The molecule has 0 unspecified atom stereocenters. The average Bonchev–Trinajstić information content (AvgIpc) is 2.68. The Hall–Kier alpha value is -3.50. The van der Waals surface area contributed by atoms with Crippen LogP contribution < -0.4 is 5.32 Å². The smallest absolute Gasteiger partial charge is 0.325 e. The molecule has 1 N–H and O–H groups in total. The molecule has 3 aromatic rings. The van der Waals surface area contributed by atoms with Gasteiger partial charge in [-0.05, 0) is 30.7 Å². The van der Waals surface area contributed by atoms with Gasteiger partial charge in [0.05, 0.1) is 17.4 Å². The molecule has 0 aliphatic heterocycles. The first kappa shape index (κ1) is 19.3. The number of anilines is 1. The molecule has 144 valence electrons. The molecule has 0 spiro atoms. The molecule has 0 fully saturated rings. The van der Waals surface area contributed by atoms with Gasteiger partial charge in [-0.3, -0.25) is 14.8 Å². The molecule has 0 radical (unpaired) electrons. The molecule has 28 heavy (non-hydrogen) atoms. The van der Waals surface area contributed by atoms with E-state index in [0.717, 1.165) is 18.6 Å². The van der Waals surface area contributed by atoms with Crippen LogP contribution >= 0.6 is 0 Å². The molecule has 11 heteroatoms. The van der Waals surface area contributed by atoms with Crippen molar-refractivity contribution in [3.05, 3.63) is 42.2 Å². The third-order valence-corrected chi connectivity index (χ3v) is 3.55. The summed E-state index contributed by atoms with van der Waals surface area (Å²) < 4.78 is 37.7. The molecule has 0 atom stereocenters. The standard InChI is InChI=1S/C17H14F3N7O/c1-2-3-14(28)23-11-5-7-13(22-9-11)16-26-24-15(25-27-16)12-6-4-10(8-21-12)17(18,19)20/h4-9H,2-3H2,1H3,(H,23,28). The Morgan fingerprint density at radius 1 is 0.929 bits per heavy atom. The van der Waals surface area contributed by atoms with Crippen LogP contribution in [0, 0.1) is 0 Å². The summed E-state index contributed by atoms with van der Waals surface area (Å²) in [6.45, 7) is 1.90. The van der Waals surface area contributed by atoms with Crippen molar-refractivity contribution in [1.29, 1.82) is 0 Å². The van der Waals surface area contributed by atoms with Crippen LogP contribution in [-0.4, -0.2) is 36.3 Å². The molecular formula is C17H14F3N7O. The van der Waals surface area contributed by atoms with Crippen LogP contribution in [0.5, 0.6) is 0 Å². The summed E-state index contributed by atoms with van der Waals surface area (Å²) in [5, 5.41) is 18.1. The summed E-state index contributed by atoms with van der Waals surface area (Å²) in [5.41, 5.74) is 0.153. The second kappa shape index (κ2) is 8.03. The third-order valence-electron chi connectivity index (χ3n) is 3.55. The molecule has 0 bridgehead atoms. The van der Waals surface area contributed by atoms with Crippen molar-refractivity contribution in [3.63, 3.8) is 0 Å². The largest absolute Gasteiger partial charge is 0.417 e. The lowest BCUT2D eigenvalue weighted by Crippen LogP contribution is -2.10. The van der Waals surface area contributed by atoms with Crippen molar-refractivity contribution in [1.82, 2.24) is 30.4 Å². The molecule has 0 aliphatic carbocycles. The Kier molecular flexibility index (Phi) is 5.52. The van der Waals surface area contributed by atoms with E-state index in [4.69, 9.17) is 0 Å². The van der Waals surface area contributed by atoms with Crippen molar-refractivity contribution in [2.45, 2.75) is 25.9 Å². The molecule has 3 aromatic heterocycles. The summed E-state index contributed by atoms with van der Waals surface area (Å²) in [4.78, 5) is 19.4. The number of alkyl halides is 3. The van der Waals surface area contributed by atoms with Crippen LogP contribution in [0.25, 0.3) is 23.0 Å². The van der Waals surface area contributed by atoms with Crippen LogP contribution in [0.3, 0.4) is 0 Å². The Balaban J connectivity index is 1.73. The third kappa shape index (κ3) is 4.61. The fourth-order valence-electron chi connectivity index (χ4n) is 2.18. The first-order valence-corrected chi connectivity index (χ1v) is 8.24. The summed E-state index contributed by atoms with van der Waals surface area (Å²) in [5.74, 6) is 0.00745. The van der Waals surface area contributed by atoms with Gasteiger partial charge < -0.3 is 5.32 Å². The van der Waals surface area contributed by atoms with Gasteiger partial charge in [-0.25, -0.2) is 0 Å². The molecule has 0 aromatic carbocycles. The summed E-state index contributed by atoms with van der Waals surface area (Å²) in [6.07, 6.45) is -1.17. The van der Waals surface area contributed by atoms with Crippen LogP contribution in [0.2, 0.25) is 0 Å². The summed E-state index contributed by atoms with van der Waals surface area (Å²) in [6, 6.07) is 5.26. The van der Waals surface area contributed by atoms with Gasteiger partial charge in [0, 0.05) is 12.6 Å². The highest BCUT2D eigenvalue weighted by Gasteiger charge is 2.30. The number of carbonyl (C=O) groups is 1. The Morgan fingerprint density at radius 2 is 1.50 bits per heavy atom. The van der Waals surface area contributed by atoms with Gasteiger partial charge in [-0.2, -0.15) is 13.2 Å². The van der Waals surface area contributed by atoms with Crippen molar-refractivity contribution >= 4 is 11.6 Å². The predicted molar refractivity (Wildman–Crippen MR) is 92.6 cm³/mol. The minimum Gasteiger partial charge on any atom is -0.325 e. The van der Waals surface area contributed by atoms with Gasteiger partial charge in [0.1, 0.15) is 11.4 Å². The fraction of sp³-hybridized carbons (Fsp3) is 0.235. The summed E-state index contributed by atoms with van der Waals surface area (Å²) in [7, 11) is 0. The number of amides is 1. The maximum atomic E-state index is 12.6. The zero-order valence-electron chi connectivity index (χ0n) is 14.6. The number of rotatable bonds is 5. The maximum Gasteiger partial charge on any atom is 0.417 e. The van der Waals surface area contributed by atoms with Gasteiger partial charge in [0.25, 0.3) is 0 Å². The molecule has 3 rings (SSSR count). The monoisotopic (exact) mass is 389 g/mol. The van der Waals surface area contributed by atoms with Crippen molar-refractivity contribution in [2.75, 3.05) is 5.32 Å². The molecule has 8 nitrogen and oxygen atoms in total. The maximum absolute atomic E-state index is 12.6. The second-order valence-electron chi connectivity index (χ2n) is 5.71. The lowest BCUT2D eigenvalue weighted by molar-refractivity contribution is -0.137. The van der Waals surface area contributed by atoms with Crippen LogP contribution in [-0.2, 0) is 11.0 Å². The van der Waals surface area contributed by atoms with Gasteiger partial charge >= 0.3 is 6.18 Å². The minimum atomic E-state index is -4.47. The van der Waals surface area contributed by atoms with Crippen LogP contribution in [0.4, 0.5) is 18.9 Å². The van der Waals surface area contributed by atoms with E-state index in [1.807, 2.05) is 6.92 Å². The van der Waals surface area contributed by atoms with Crippen molar-refractivity contribution in [2.24, 2.45) is 0 Å². The van der Waals surface area contributed by atoms with Gasteiger partial charge in [0.15, 0.2) is 0 Å². The number of hydrogen-bond acceptors (Lipinski definition) is 7. The Labute approximate surface area is 157 Å². The number of pyridine rings is 2. The quantitative estimate of drug-likeness (QED) is 0.714. The van der Waals surface area contributed by atoms with E-state index in [1.54, 1.807) is 12.1 Å². The molecule has 1 amide bonds. The first-order valence-electron chi connectivity index (χ1n) is 8.24. The highest BCUT2D eigenvalue weighted by Crippen LogP contribution is 2.29. The Morgan fingerprint density at radius 3 is 1.93 bits per heavy atom. The summed E-state index contributed by atoms with van der Waals surface area (Å²) >= 11 is 0. The van der Waals surface area contributed by atoms with Gasteiger partial charge in [-0.15, -0.1) is 20.4 Å². The zero-order valence-corrected chi connectivity index (χ0v) is 14.6. The number of nitrogens with zero attached hydrogens (tertiary/aromatic N) is 6. The number of hydrogen-bond donors (Lipinski definition) is 1. The molecule has 0 saturated carbocycles. The van der Waals surface area contributed by atoms with E-state index in [2.05, 4.69) is 35.7 Å². The Bertz CT molecular complexity index is 942. The fourth-order valence-corrected chi connectivity index (χ4v) is 2.18. The van der Waals surface area contributed by atoms with Gasteiger partial charge in [0.2, 0.25) is 17.6 Å². The van der Waals surface area contributed by atoms with Crippen molar-refractivity contribution in [3.8, 4) is 23.0 Å². The number of halogens is 3. The van der Waals surface area contributed by atoms with E-state index in [1.165, 1.54) is 6.20 Å². The number of nitrogens with one attached hydrogen (secondary N) is 1. The SMILES string of the molecule is CCCC(=O)Nc1ccc(-c2nnc(-c3ccc(C(F)(F)F)cn3)nn2)nc1. The predicted octanol–water partition coefficient (Wildman–Crippen LogP) is 3.15. The van der Waals surface area contributed by atoms with E-state index >= 15 is 0 Å². The zero-order chi connectivity index (χ0) is 20.1. The van der Waals surface area contributed by atoms with Crippen LogP contribution in [0.1, 0.15) is 25.3 Å². The lowest BCUT2D eigenvalue weighted by atomic mass is 10.2. The van der Waals surface area contributed by atoms with E-state index in [0.29, 0.717) is 24.0 Å². The van der Waals surface area contributed by atoms with E-state index < -0.39 is 11.7 Å². The molecular weight excluding hydrogens is 375 g/mol.